The summed E-state index contributed by atoms with van der Waals surface area (Å²) in [6.07, 6.45) is 2.66. The summed E-state index contributed by atoms with van der Waals surface area (Å²) in [6, 6.07) is 6.01. The third-order valence-corrected chi connectivity index (χ3v) is 1.92. The van der Waals surface area contributed by atoms with E-state index in [4.69, 9.17) is 5.11 Å². The lowest BCUT2D eigenvalue weighted by Crippen LogP contribution is -1.92. The lowest BCUT2D eigenvalue weighted by molar-refractivity contribution is -0.131. The van der Waals surface area contributed by atoms with Gasteiger partial charge < -0.3 is 5.11 Å². The normalized spacial score (nSPS) is 13.0. The van der Waals surface area contributed by atoms with E-state index in [2.05, 4.69) is 0 Å². The number of aliphatic carboxylic acids is 1. The molecule has 0 aliphatic heterocycles. The van der Waals surface area contributed by atoms with E-state index in [1.807, 2.05) is 6.92 Å². The molecule has 1 unspecified atom stereocenters. The number of rotatable bonds is 3. The minimum Gasteiger partial charge on any atom is -0.478 e. The van der Waals surface area contributed by atoms with E-state index in [1.54, 1.807) is 18.2 Å². The van der Waals surface area contributed by atoms with Gasteiger partial charge in [-0.05, 0) is 23.6 Å². The summed E-state index contributed by atoms with van der Waals surface area (Å²) in [6.45, 7) is 1.85. The topological polar surface area (TPSA) is 37.3 Å². The fourth-order valence-electron chi connectivity index (χ4n) is 1.10. The molecule has 1 N–H and O–H groups in total. The van der Waals surface area contributed by atoms with Crippen molar-refractivity contribution in [1.82, 2.24) is 0 Å². The van der Waals surface area contributed by atoms with E-state index in [-0.39, 0.29) is 11.7 Å². The second-order valence-electron chi connectivity index (χ2n) is 3.04. The van der Waals surface area contributed by atoms with Crippen LogP contribution in [0, 0.1) is 5.82 Å². The van der Waals surface area contributed by atoms with E-state index in [9.17, 15) is 9.18 Å². The molecule has 3 heteroatoms. The number of benzene rings is 1. The summed E-state index contributed by atoms with van der Waals surface area (Å²) in [4.78, 5) is 10.2. The van der Waals surface area contributed by atoms with E-state index < -0.39 is 5.97 Å². The number of carbonyl (C=O) groups is 1. The predicted octanol–water partition coefficient (Wildman–Crippen LogP) is 2.57. The Hall–Kier alpha value is -1.64. The first-order chi connectivity index (χ1) is 6.59. The van der Waals surface area contributed by atoms with Crippen molar-refractivity contribution in [1.29, 1.82) is 0 Å². The molecule has 74 valence electrons. The van der Waals surface area contributed by atoms with Gasteiger partial charge in [0.1, 0.15) is 5.82 Å². The highest BCUT2D eigenvalue weighted by Crippen LogP contribution is 2.16. The number of carboxylic acids is 1. The molecule has 0 aliphatic carbocycles. The van der Waals surface area contributed by atoms with Gasteiger partial charge in [-0.3, -0.25) is 0 Å². The van der Waals surface area contributed by atoms with Gasteiger partial charge >= 0.3 is 5.97 Å². The fraction of sp³-hybridized carbons (Fsp3) is 0.182. The number of halogens is 1. The molecule has 0 aliphatic rings. The molecule has 0 heterocycles. The van der Waals surface area contributed by atoms with E-state index in [1.165, 1.54) is 12.1 Å². The Morgan fingerprint density at radius 2 is 2.00 bits per heavy atom. The molecule has 0 spiro atoms. The molecule has 1 atom stereocenters. The first-order valence-electron chi connectivity index (χ1n) is 4.26. The van der Waals surface area contributed by atoms with Crippen molar-refractivity contribution in [2.75, 3.05) is 0 Å². The second-order valence-corrected chi connectivity index (χ2v) is 3.04. The minimum atomic E-state index is -0.973. The molecule has 14 heavy (non-hydrogen) atoms. The van der Waals surface area contributed by atoms with Crippen LogP contribution in [-0.4, -0.2) is 11.1 Å². The van der Waals surface area contributed by atoms with Gasteiger partial charge in [0.25, 0.3) is 0 Å². The Bertz CT molecular complexity index is 341. The summed E-state index contributed by atoms with van der Waals surface area (Å²) in [5.74, 6) is -1.28. The van der Waals surface area contributed by atoms with E-state index in [0.29, 0.717) is 0 Å². The van der Waals surface area contributed by atoms with Crippen molar-refractivity contribution < 1.29 is 14.3 Å². The van der Waals surface area contributed by atoms with Crippen LogP contribution >= 0.6 is 0 Å². The highest BCUT2D eigenvalue weighted by Gasteiger charge is 2.01. The van der Waals surface area contributed by atoms with Gasteiger partial charge in [0.2, 0.25) is 0 Å². The van der Waals surface area contributed by atoms with Gasteiger partial charge in [-0.2, -0.15) is 0 Å². The van der Waals surface area contributed by atoms with Gasteiger partial charge in [0.05, 0.1) is 0 Å². The Labute approximate surface area is 81.7 Å². The zero-order chi connectivity index (χ0) is 10.6. The van der Waals surface area contributed by atoms with E-state index in [0.717, 1.165) is 11.6 Å². The van der Waals surface area contributed by atoms with Gasteiger partial charge in [-0.25, -0.2) is 9.18 Å². The van der Waals surface area contributed by atoms with Crippen molar-refractivity contribution in [3.63, 3.8) is 0 Å². The van der Waals surface area contributed by atoms with Crippen LogP contribution in [-0.2, 0) is 4.79 Å². The van der Waals surface area contributed by atoms with Crippen LogP contribution in [0.2, 0.25) is 0 Å². The summed E-state index contributed by atoms with van der Waals surface area (Å²) >= 11 is 0. The molecule has 0 fully saturated rings. The summed E-state index contributed by atoms with van der Waals surface area (Å²) in [5, 5.41) is 8.41. The largest absolute Gasteiger partial charge is 0.478 e. The average Bonchev–Trinajstić information content (AvgIpc) is 2.15. The third kappa shape index (κ3) is 3.01. The molecule has 0 amide bonds. The molecule has 0 aromatic heterocycles. The maximum absolute atomic E-state index is 12.6. The van der Waals surface area contributed by atoms with Crippen molar-refractivity contribution >= 4 is 5.97 Å². The molecule has 2 nitrogen and oxygen atoms in total. The van der Waals surface area contributed by atoms with E-state index >= 15 is 0 Å². The predicted molar refractivity (Wildman–Crippen MR) is 51.6 cm³/mol. The van der Waals surface area contributed by atoms with Gasteiger partial charge in [-0.15, -0.1) is 0 Å². The summed E-state index contributed by atoms with van der Waals surface area (Å²) in [5.41, 5.74) is 0.893. The lowest BCUT2D eigenvalue weighted by atomic mass is 10.0. The highest BCUT2D eigenvalue weighted by molar-refractivity contribution is 5.79. The van der Waals surface area contributed by atoms with Crippen molar-refractivity contribution in [2.45, 2.75) is 12.8 Å². The van der Waals surface area contributed by atoms with Crippen LogP contribution in [0.3, 0.4) is 0 Å². The molecule has 0 radical (unpaired) electrons. The highest BCUT2D eigenvalue weighted by atomic mass is 19.1. The van der Waals surface area contributed by atoms with Gasteiger partial charge in [-0.1, -0.05) is 25.1 Å². The molecule has 1 rings (SSSR count). The number of allylic oxidation sites excluding steroid dienone is 1. The van der Waals surface area contributed by atoms with Crippen molar-refractivity contribution in [3.8, 4) is 0 Å². The van der Waals surface area contributed by atoms with Crippen molar-refractivity contribution in [3.05, 3.63) is 47.8 Å². The molecule has 0 saturated carbocycles. The fourth-order valence-corrected chi connectivity index (χ4v) is 1.10. The number of hydrogen-bond donors (Lipinski definition) is 1. The zero-order valence-electron chi connectivity index (χ0n) is 7.77. The average molecular weight is 194 g/mol. The quantitative estimate of drug-likeness (QED) is 0.751. The first kappa shape index (κ1) is 10.4. The van der Waals surface area contributed by atoms with Crippen LogP contribution < -0.4 is 0 Å². The number of carboxylic acid groups (broad SMARTS) is 1. The SMILES string of the molecule is CC(/C=C/C(=O)O)c1ccc(F)cc1. The lowest BCUT2D eigenvalue weighted by Gasteiger charge is -2.05. The minimum absolute atomic E-state index is 0.0216. The van der Waals surface area contributed by atoms with Crippen molar-refractivity contribution in [2.24, 2.45) is 0 Å². The standard InChI is InChI=1S/C11H11FO2/c1-8(2-7-11(13)14)9-3-5-10(12)6-4-9/h2-8H,1H3,(H,13,14)/b7-2+. The number of hydrogen-bond acceptors (Lipinski definition) is 1. The van der Waals surface area contributed by atoms with Crippen LogP contribution in [0.4, 0.5) is 4.39 Å². The van der Waals surface area contributed by atoms with Crippen LogP contribution in [0.25, 0.3) is 0 Å². The smallest absolute Gasteiger partial charge is 0.327 e. The Balaban J connectivity index is 2.74. The molecule has 1 aromatic carbocycles. The zero-order valence-corrected chi connectivity index (χ0v) is 7.77. The third-order valence-electron chi connectivity index (χ3n) is 1.92. The Kier molecular flexibility index (Phi) is 3.40. The summed E-state index contributed by atoms with van der Waals surface area (Å²) in [7, 11) is 0. The summed E-state index contributed by atoms with van der Waals surface area (Å²) < 4.78 is 12.6. The molecule has 0 saturated heterocycles. The maximum atomic E-state index is 12.6. The van der Waals surface area contributed by atoms with Crippen LogP contribution in [0.1, 0.15) is 18.4 Å². The monoisotopic (exact) mass is 194 g/mol. The van der Waals surface area contributed by atoms with Gasteiger partial charge in [0.15, 0.2) is 0 Å². The first-order valence-corrected chi connectivity index (χ1v) is 4.26. The molecular formula is C11H11FO2. The van der Waals surface area contributed by atoms with Crippen LogP contribution in [0.5, 0.6) is 0 Å². The molecule has 0 bridgehead atoms. The Morgan fingerprint density at radius 3 is 2.50 bits per heavy atom. The molecule has 1 aromatic rings. The van der Waals surface area contributed by atoms with Crippen LogP contribution in [0.15, 0.2) is 36.4 Å². The molecular weight excluding hydrogens is 183 g/mol. The van der Waals surface area contributed by atoms with Gasteiger partial charge in [0, 0.05) is 6.08 Å². The Morgan fingerprint density at radius 1 is 1.43 bits per heavy atom. The maximum Gasteiger partial charge on any atom is 0.327 e. The second kappa shape index (κ2) is 4.56.